The Morgan fingerprint density at radius 1 is 0.659 bits per heavy atom. The van der Waals surface area contributed by atoms with Crippen LogP contribution in [0, 0.1) is 0 Å². The third-order valence-corrected chi connectivity index (χ3v) is 8.01. The summed E-state index contributed by atoms with van der Waals surface area (Å²) in [5, 5.41) is 13.3. The molecule has 2 N–H and O–H groups in total. The predicted octanol–water partition coefficient (Wildman–Crippen LogP) is 5.18. The van der Waals surface area contributed by atoms with Gasteiger partial charge in [0.1, 0.15) is 5.54 Å². The smallest absolute Gasteiger partial charge is 0.266 e. The average Bonchev–Trinajstić information content (AvgIpc) is 3.52. The number of hydrogen-bond acceptors (Lipinski definition) is 6. The number of nitrogens with zero attached hydrogens (tertiary/aromatic N) is 6. The number of fused-ring (bicyclic) bond motifs is 1. The molecule has 1 aromatic heterocycles. The van der Waals surface area contributed by atoms with Crippen LogP contribution in [0.1, 0.15) is 33.6 Å². The number of anilines is 1. The minimum atomic E-state index is -1.11. The van der Waals surface area contributed by atoms with Crippen LogP contribution in [0.15, 0.2) is 151 Å². The highest BCUT2D eigenvalue weighted by atomic mass is 16.2. The van der Waals surface area contributed by atoms with Crippen molar-refractivity contribution in [3.05, 3.63) is 179 Å². The molecule has 0 fully saturated rings. The molecule has 5 aromatic carbocycles. The fourth-order valence-electron chi connectivity index (χ4n) is 6.05. The first-order valence-electron chi connectivity index (χ1n) is 14.4. The van der Waals surface area contributed by atoms with Crippen LogP contribution in [0.3, 0.4) is 0 Å². The molecule has 214 valence electrons. The zero-order chi connectivity index (χ0) is 29.9. The van der Waals surface area contributed by atoms with E-state index in [-0.39, 0.29) is 12.5 Å². The first kappa shape index (κ1) is 27.1. The van der Waals surface area contributed by atoms with Crippen LogP contribution in [0.25, 0.3) is 0 Å². The van der Waals surface area contributed by atoms with Crippen LogP contribution in [0.5, 0.6) is 0 Å². The van der Waals surface area contributed by atoms with Crippen molar-refractivity contribution in [2.75, 3.05) is 4.90 Å². The molecular weight excluding hydrogens is 546 g/mol. The Kier molecular flexibility index (Phi) is 7.09. The number of tetrazole rings is 1. The molecule has 8 nitrogen and oxygen atoms in total. The molecule has 1 unspecified atom stereocenters. The molecule has 8 heteroatoms. The molecule has 6 aromatic rings. The van der Waals surface area contributed by atoms with E-state index in [9.17, 15) is 4.79 Å². The Morgan fingerprint density at radius 2 is 1.16 bits per heavy atom. The maximum absolute atomic E-state index is 14.0. The van der Waals surface area contributed by atoms with Gasteiger partial charge >= 0.3 is 0 Å². The first-order chi connectivity index (χ1) is 21.7. The maximum Gasteiger partial charge on any atom is 0.266 e. The highest BCUT2D eigenvalue weighted by Gasteiger charge is 2.42. The van der Waals surface area contributed by atoms with Crippen molar-refractivity contribution >= 4 is 17.3 Å². The predicted molar refractivity (Wildman–Crippen MR) is 170 cm³/mol. The van der Waals surface area contributed by atoms with Gasteiger partial charge in [-0.3, -0.25) is 9.79 Å². The fourth-order valence-corrected chi connectivity index (χ4v) is 6.05. The molecule has 1 aliphatic rings. The lowest BCUT2D eigenvalue weighted by molar-refractivity contribution is -0.119. The van der Waals surface area contributed by atoms with Crippen molar-refractivity contribution in [3.8, 4) is 0 Å². The van der Waals surface area contributed by atoms with Crippen LogP contribution in [-0.4, -0.2) is 38.0 Å². The van der Waals surface area contributed by atoms with Crippen molar-refractivity contribution in [1.82, 2.24) is 20.2 Å². The summed E-state index contributed by atoms with van der Waals surface area (Å²) in [5.74, 6) is 0.141. The molecule has 1 atom stereocenters. The number of hydrogen-bond donors (Lipinski definition) is 1. The van der Waals surface area contributed by atoms with E-state index in [1.54, 1.807) is 4.90 Å². The molecule has 1 amide bonds. The number of carbonyl (C=O) groups excluding carboxylic acids is 1. The second-order valence-corrected chi connectivity index (χ2v) is 10.5. The zero-order valence-electron chi connectivity index (χ0n) is 23.8. The Labute approximate surface area is 255 Å². The molecule has 7 rings (SSSR count). The molecule has 0 saturated carbocycles. The normalized spacial score (nSPS) is 14.9. The summed E-state index contributed by atoms with van der Waals surface area (Å²) in [4.78, 5) is 20.4. The number of aromatic nitrogens is 4. The third-order valence-electron chi connectivity index (χ3n) is 8.01. The van der Waals surface area contributed by atoms with E-state index in [2.05, 4.69) is 51.9 Å². The van der Waals surface area contributed by atoms with Crippen molar-refractivity contribution in [3.63, 3.8) is 0 Å². The summed E-state index contributed by atoms with van der Waals surface area (Å²) in [5.41, 5.74) is 11.5. The van der Waals surface area contributed by atoms with Crippen LogP contribution >= 0.6 is 0 Å². The van der Waals surface area contributed by atoms with E-state index >= 15 is 0 Å². The fraction of sp³-hybridized carbons (Fsp3) is 0.0833. The Hall–Kier alpha value is -5.73. The lowest BCUT2D eigenvalue weighted by atomic mass is 9.77. The lowest BCUT2D eigenvalue weighted by Gasteiger charge is -2.37. The van der Waals surface area contributed by atoms with E-state index in [0.717, 1.165) is 27.8 Å². The summed E-state index contributed by atoms with van der Waals surface area (Å²) >= 11 is 0. The highest BCUT2D eigenvalue weighted by molar-refractivity contribution is 6.20. The lowest BCUT2D eigenvalue weighted by Crippen LogP contribution is -2.44. The number of benzodiazepines with no additional fused rings is 1. The van der Waals surface area contributed by atoms with Gasteiger partial charge in [0.05, 0.1) is 17.9 Å². The Balaban J connectivity index is 1.42. The number of rotatable bonds is 7. The van der Waals surface area contributed by atoms with Gasteiger partial charge in [-0.05, 0) is 33.2 Å². The molecule has 1 aliphatic heterocycles. The molecule has 0 radical (unpaired) electrons. The average molecular weight is 576 g/mol. The van der Waals surface area contributed by atoms with Crippen molar-refractivity contribution in [1.29, 1.82) is 0 Å². The summed E-state index contributed by atoms with van der Waals surface area (Å²) in [6.07, 6.45) is -1.11. The zero-order valence-corrected chi connectivity index (χ0v) is 23.8. The van der Waals surface area contributed by atoms with Gasteiger partial charge in [0, 0.05) is 11.1 Å². The van der Waals surface area contributed by atoms with Crippen LogP contribution in [0.4, 0.5) is 5.69 Å². The van der Waals surface area contributed by atoms with E-state index in [4.69, 9.17) is 10.7 Å². The van der Waals surface area contributed by atoms with Gasteiger partial charge in [0.2, 0.25) is 0 Å². The SMILES string of the molecule is NC1N=C(c2ccccc2)c2ccccc2N(Cc2nnnn2C(c2ccccc2)(c2ccccc2)c2ccccc2)C1=O. The molecule has 0 aliphatic carbocycles. The van der Waals surface area contributed by atoms with Crippen LogP contribution in [0.2, 0.25) is 0 Å². The largest absolute Gasteiger partial charge is 0.302 e. The van der Waals surface area contributed by atoms with E-state index in [0.29, 0.717) is 17.2 Å². The highest BCUT2D eigenvalue weighted by Crippen LogP contribution is 2.41. The van der Waals surface area contributed by atoms with Crippen molar-refractivity contribution in [2.24, 2.45) is 10.7 Å². The Morgan fingerprint density at radius 3 is 1.73 bits per heavy atom. The van der Waals surface area contributed by atoms with Gasteiger partial charge in [-0.2, -0.15) is 0 Å². The number of nitrogens with two attached hydrogens (primary N) is 1. The van der Waals surface area contributed by atoms with Gasteiger partial charge in [-0.15, -0.1) is 5.10 Å². The summed E-state index contributed by atoms with van der Waals surface area (Å²) in [7, 11) is 0. The van der Waals surface area contributed by atoms with E-state index in [1.165, 1.54) is 0 Å². The molecular formula is C36H29N7O. The maximum atomic E-state index is 14.0. The number of para-hydroxylation sites is 1. The van der Waals surface area contributed by atoms with Gasteiger partial charge < -0.3 is 10.6 Å². The standard InChI is InChI=1S/C36H29N7O/c37-34-35(44)42(31-24-14-13-23-30(31)33(38-34)26-15-5-1-6-16-26)25-32-39-40-41-43(32)36(27-17-7-2-8-18-27,28-19-9-3-10-20-28)29-21-11-4-12-22-29/h1-24,34H,25,37H2. The number of benzene rings is 5. The minimum Gasteiger partial charge on any atom is -0.302 e. The van der Waals surface area contributed by atoms with Crippen molar-refractivity contribution < 1.29 is 4.79 Å². The number of carbonyl (C=O) groups is 1. The number of amides is 1. The van der Waals surface area contributed by atoms with Gasteiger partial charge in [0.15, 0.2) is 12.0 Å². The summed E-state index contributed by atoms with van der Waals surface area (Å²) < 4.78 is 1.83. The monoisotopic (exact) mass is 575 g/mol. The quantitative estimate of drug-likeness (QED) is 0.264. The van der Waals surface area contributed by atoms with Gasteiger partial charge in [0.25, 0.3) is 5.91 Å². The minimum absolute atomic E-state index is 0.0718. The second kappa shape index (κ2) is 11.5. The molecule has 2 heterocycles. The second-order valence-electron chi connectivity index (χ2n) is 10.5. The third kappa shape index (κ3) is 4.58. The molecule has 0 spiro atoms. The molecule has 44 heavy (non-hydrogen) atoms. The van der Waals surface area contributed by atoms with E-state index < -0.39 is 11.7 Å². The van der Waals surface area contributed by atoms with Gasteiger partial charge in [-0.1, -0.05) is 140 Å². The van der Waals surface area contributed by atoms with E-state index in [1.807, 2.05) is 114 Å². The summed E-state index contributed by atoms with van der Waals surface area (Å²) in [6.45, 7) is 0.0718. The Bertz CT molecular complexity index is 1830. The van der Waals surface area contributed by atoms with Crippen molar-refractivity contribution in [2.45, 2.75) is 18.2 Å². The van der Waals surface area contributed by atoms with Crippen LogP contribution < -0.4 is 10.6 Å². The number of aliphatic imine (C=N–C) groups is 1. The topological polar surface area (TPSA) is 102 Å². The molecule has 0 saturated heterocycles. The molecule has 0 bridgehead atoms. The summed E-state index contributed by atoms with van der Waals surface area (Å²) in [6, 6.07) is 48.0. The first-order valence-corrected chi connectivity index (χ1v) is 14.4. The van der Waals surface area contributed by atoms with Crippen LogP contribution in [-0.2, 0) is 16.9 Å². The van der Waals surface area contributed by atoms with Gasteiger partial charge in [-0.25, -0.2) is 4.68 Å².